The van der Waals surface area contributed by atoms with Crippen molar-refractivity contribution in [2.45, 2.75) is 6.17 Å². The molecule has 1 aliphatic heterocycles. The van der Waals surface area contributed by atoms with E-state index in [0.29, 0.717) is 0 Å². The maximum Gasteiger partial charge on any atom is 0.192 e. The van der Waals surface area contributed by atoms with Crippen molar-refractivity contribution in [1.29, 1.82) is 0 Å². The van der Waals surface area contributed by atoms with Gasteiger partial charge in [0, 0.05) is 8.94 Å². The molecule has 4 nitrogen and oxygen atoms in total. The molecule has 72 valence electrons. The number of anilines is 1. The zero-order valence-electron chi connectivity index (χ0n) is 7.09. The molecule has 0 spiro atoms. The first-order valence-electron chi connectivity index (χ1n) is 3.97. The molecule has 1 unspecified atom stereocenters. The Morgan fingerprint density at radius 2 is 2.14 bits per heavy atom. The highest BCUT2D eigenvalue weighted by molar-refractivity contribution is 14.1. The fraction of sp³-hybridized carbons (Fsp3) is 0.125. The van der Waals surface area contributed by atoms with E-state index in [0.717, 1.165) is 5.69 Å². The maximum absolute atomic E-state index is 4.85. The molecule has 1 aromatic carbocycles. The smallest absolute Gasteiger partial charge is 0.192 e. The number of benzene rings is 1. The standard InChI is InChI=1S/C8H7IN4S/c9-6-1-3-7(4-2-6)13-8(5-14)10-11-12-13/h1-5,8H,(H,10,12). The molecular weight excluding hydrogens is 311 g/mol. The molecule has 1 aromatic rings. The fourth-order valence-corrected chi connectivity index (χ4v) is 1.68. The zero-order valence-corrected chi connectivity index (χ0v) is 10.1. The Morgan fingerprint density at radius 3 is 2.79 bits per heavy atom. The van der Waals surface area contributed by atoms with Crippen molar-refractivity contribution in [2.75, 3.05) is 5.01 Å². The van der Waals surface area contributed by atoms with Crippen molar-refractivity contribution in [1.82, 2.24) is 5.53 Å². The highest BCUT2D eigenvalue weighted by Crippen LogP contribution is 2.19. The second-order valence-electron chi connectivity index (χ2n) is 2.71. The molecule has 0 radical (unpaired) electrons. The lowest BCUT2D eigenvalue weighted by Gasteiger charge is -2.19. The first-order valence-corrected chi connectivity index (χ1v) is 5.52. The molecule has 1 N–H and O–H groups in total. The number of halogens is 1. The Labute approximate surface area is 100 Å². The molecule has 0 amide bonds. The van der Waals surface area contributed by atoms with E-state index in [4.69, 9.17) is 12.2 Å². The Balaban J connectivity index is 2.23. The lowest BCUT2D eigenvalue weighted by atomic mass is 10.3. The normalized spacial score (nSPS) is 19.5. The van der Waals surface area contributed by atoms with Crippen LogP contribution in [0.15, 0.2) is 34.6 Å². The van der Waals surface area contributed by atoms with Crippen LogP contribution < -0.4 is 10.5 Å². The highest BCUT2D eigenvalue weighted by atomic mass is 127. The molecule has 6 heteroatoms. The third-order valence-corrected chi connectivity index (χ3v) is 2.78. The van der Waals surface area contributed by atoms with Gasteiger partial charge in [-0.1, -0.05) is 17.4 Å². The van der Waals surface area contributed by atoms with E-state index in [2.05, 4.69) is 38.5 Å². The Kier molecular flexibility index (Phi) is 2.92. The van der Waals surface area contributed by atoms with E-state index < -0.39 is 0 Å². The lowest BCUT2D eigenvalue weighted by Crippen LogP contribution is -2.37. The molecule has 14 heavy (non-hydrogen) atoms. The third kappa shape index (κ3) is 1.85. The van der Waals surface area contributed by atoms with Crippen LogP contribution in [0.4, 0.5) is 5.69 Å². The van der Waals surface area contributed by atoms with E-state index in [1.165, 1.54) is 3.57 Å². The summed E-state index contributed by atoms with van der Waals surface area (Å²) in [7, 11) is 0. The van der Waals surface area contributed by atoms with Crippen molar-refractivity contribution in [3.8, 4) is 0 Å². The van der Waals surface area contributed by atoms with E-state index in [9.17, 15) is 0 Å². The van der Waals surface area contributed by atoms with Gasteiger partial charge in [-0.25, -0.2) is 5.01 Å². The first kappa shape index (κ1) is 9.78. The molecular formula is C8H7IN4S. The molecule has 2 rings (SSSR count). The molecule has 0 saturated heterocycles. The first-order chi connectivity index (χ1) is 6.81. The van der Waals surface area contributed by atoms with Crippen molar-refractivity contribution in [3.05, 3.63) is 27.8 Å². The quantitative estimate of drug-likeness (QED) is 0.672. The maximum atomic E-state index is 4.85. The molecule has 0 fully saturated rings. The summed E-state index contributed by atoms with van der Waals surface area (Å²) in [4.78, 5) is 0. The zero-order chi connectivity index (χ0) is 9.97. The van der Waals surface area contributed by atoms with Crippen LogP contribution in [0.2, 0.25) is 0 Å². The van der Waals surface area contributed by atoms with E-state index in [-0.39, 0.29) is 6.17 Å². The largest absolute Gasteiger partial charge is 0.240 e. The van der Waals surface area contributed by atoms with Crippen LogP contribution in [-0.2, 0) is 0 Å². The predicted molar refractivity (Wildman–Crippen MR) is 67.1 cm³/mol. The van der Waals surface area contributed by atoms with Gasteiger partial charge in [0.05, 0.1) is 5.69 Å². The average Bonchev–Trinajstić information content (AvgIpc) is 2.67. The number of hydrogen-bond donors (Lipinski definition) is 1. The molecule has 1 aliphatic rings. The second-order valence-corrected chi connectivity index (χ2v) is 4.23. The van der Waals surface area contributed by atoms with Crippen LogP contribution in [0.3, 0.4) is 0 Å². The minimum absolute atomic E-state index is 0.190. The Hall–Kier alpha value is -0.760. The van der Waals surface area contributed by atoms with Gasteiger partial charge in [0.15, 0.2) is 6.17 Å². The summed E-state index contributed by atoms with van der Waals surface area (Å²) < 4.78 is 1.19. The topological polar surface area (TPSA) is 40.0 Å². The van der Waals surface area contributed by atoms with Gasteiger partial charge >= 0.3 is 0 Å². The van der Waals surface area contributed by atoms with Gasteiger partial charge in [-0.3, -0.25) is 0 Å². The Bertz CT molecular complexity index is 364. The summed E-state index contributed by atoms with van der Waals surface area (Å²) in [6.07, 6.45) is -0.190. The van der Waals surface area contributed by atoms with Gasteiger partial charge in [0.2, 0.25) is 0 Å². The van der Waals surface area contributed by atoms with Gasteiger partial charge in [-0.05, 0) is 46.9 Å². The molecule has 0 aliphatic carbocycles. The minimum Gasteiger partial charge on any atom is -0.240 e. The van der Waals surface area contributed by atoms with Crippen LogP contribution in [0.25, 0.3) is 0 Å². The van der Waals surface area contributed by atoms with Crippen LogP contribution in [-0.4, -0.2) is 11.5 Å². The highest BCUT2D eigenvalue weighted by Gasteiger charge is 2.20. The van der Waals surface area contributed by atoms with E-state index in [1.807, 2.05) is 29.3 Å². The van der Waals surface area contributed by atoms with Crippen LogP contribution >= 0.6 is 34.8 Å². The van der Waals surface area contributed by atoms with Gasteiger partial charge in [-0.15, -0.1) is 5.11 Å². The number of hydrazine groups is 1. The summed E-state index contributed by atoms with van der Waals surface area (Å²) in [5.74, 6) is 0. The average molecular weight is 318 g/mol. The third-order valence-electron chi connectivity index (χ3n) is 1.82. The number of rotatable bonds is 2. The van der Waals surface area contributed by atoms with Crippen LogP contribution in [0, 0.1) is 3.57 Å². The predicted octanol–water partition coefficient (Wildman–Crippen LogP) is 2.31. The number of thiocarbonyl (C=S) groups is 1. The summed E-state index contributed by atoms with van der Waals surface area (Å²) in [5, 5.41) is 11.0. The number of nitrogens with one attached hydrogen (secondary N) is 1. The SMILES string of the molecule is S=CC1N=NNN1c1ccc(I)cc1. The summed E-state index contributed by atoms with van der Waals surface area (Å²) in [5.41, 5.74) is 3.79. The van der Waals surface area contributed by atoms with E-state index >= 15 is 0 Å². The van der Waals surface area contributed by atoms with Gasteiger partial charge in [-0.2, -0.15) is 5.53 Å². The van der Waals surface area contributed by atoms with Gasteiger partial charge in [0.1, 0.15) is 0 Å². The molecule has 0 aromatic heterocycles. The van der Waals surface area contributed by atoms with E-state index in [1.54, 1.807) is 5.37 Å². The van der Waals surface area contributed by atoms with Crippen molar-refractivity contribution >= 4 is 45.9 Å². The lowest BCUT2D eigenvalue weighted by molar-refractivity contribution is 0.724. The molecule has 0 saturated carbocycles. The summed E-state index contributed by atoms with van der Waals surface area (Å²) in [6.45, 7) is 0. The monoisotopic (exact) mass is 318 g/mol. The summed E-state index contributed by atoms with van der Waals surface area (Å²) >= 11 is 7.11. The Morgan fingerprint density at radius 1 is 1.43 bits per heavy atom. The minimum atomic E-state index is -0.190. The molecule has 0 bridgehead atoms. The summed E-state index contributed by atoms with van der Waals surface area (Å²) in [6, 6.07) is 8.04. The van der Waals surface area contributed by atoms with Gasteiger partial charge < -0.3 is 0 Å². The van der Waals surface area contributed by atoms with Crippen LogP contribution in [0.5, 0.6) is 0 Å². The van der Waals surface area contributed by atoms with Gasteiger partial charge in [0.25, 0.3) is 0 Å². The number of nitrogens with zero attached hydrogens (tertiary/aromatic N) is 3. The second kappa shape index (κ2) is 4.18. The number of hydrogen-bond acceptors (Lipinski definition) is 5. The molecule has 1 atom stereocenters. The molecule has 1 heterocycles. The fourth-order valence-electron chi connectivity index (χ4n) is 1.14. The van der Waals surface area contributed by atoms with Crippen molar-refractivity contribution in [2.24, 2.45) is 10.3 Å². The van der Waals surface area contributed by atoms with Crippen molar-refractivity contribution < 1.29 is 0 Å². The van der Waals surface area contributed by atoms with Crippen molar-refractivity contribution in [3.63, 3.8) is 0 Å². The van der Waals surface area contributed by atoms with Crippen LogP contribution in [0.1, 0.15) is 0 Å².